The molecule has 4 nitrogen and oxygen atoms in total. The van der Waals surface area contributed by atoms with Crippen molar-refractivity contribution in [3.8, 4) is 22.8 Å². The van der Waals surface area contributed by atoms with Crippen LogP contribution >= 0.6 is 39.6 Å². The Balaban J connectivity index is 0.00000147. The zero-order valence-electron chi connectivity index (χ0n) is 10.6. The lowest BCUT2D eigenvalue weighted by molar-refractivity contribution is 0.373. The number of hydrogen-bond acceptors (Lipinski definition) is 3. The quantitative estimate of drug-likeness (QED) is 0.607. The minimum atomic E-state index is 0. The second-order valence-corrected chi connectivity index (χ2v) is 5.37. The SMILES string of the molecule is Br.COc1cc(-c2cn3cc(I)ccc3n2)ccc1O. The van der Waals surface area contributed by atoms with Gasteiger partial charge >= 0.3 is 0 Å². The maximum atomic E-state index is 9.61. The summed E-state index contributed by atoms with van der Waals surface area (Å²) in [6, 6.07) is 9.21. The maximum Gasteiger partial charge on any atom is 0.161 e. The molecule has 0 aliphatic rings. The molecule has 0 amide bonds. The summed E-state index contributed by atoms with van der Waals surface area (Å²) in [5.74, 6) is 0.577. The Morgan fingerprint density at radius 3 is 2.75 bits per heavy atom. The highest BCUT2D eigenvalue weighted by Gasteiger charge is 2.08. The van der Waals surface area contributed by atoms with E-state index in [0.717, 1.165) is 20.5 Å². The number of rotatable bonds is 2. The normalized spacial score (nSPS) is 10.3. The Morgan fingerprint density at radius 2 is 2.00 bits per heavy atom. The predicted molar refractivity (Wildman–Crippen MR) is 91.9 cm³/mol. The summed E-state index contributed by atoms with van der Waals surface area (Å²) in [6.07, 6.45) is 3.98. The first-order chi connectivity index (χ1) is 9.17. The summed E-state index contributed by atoms with van der Waals surface area (Å²) in [4.78, 5) is 4.55. The number of imidazole rings is 1. The Bertz CT molecular complexity index is 758. The molecule has 1 N–H and O–H groups in total. The molecule has 0 aliphatic carbocycles. The number of benzene rings is 1. The highest BCUT2D eigenvalue weighted by Crippen LogP contribution is 2.31. The van der Waals surface area contributed by atoms with Crippen molar-refractivity contribution in [2.45, 2.75) is 0 Å². The van der Waals surface area contributed by atoms with Gasteiger partial charge in [0.05, 0.1) is 12.8 Å². The standard InChI is InChI=1S/C14H11IN2O2.BrH/c1-19-13-6-9(2-4-12(13)18)11-8-17-7-10(15)3-5-14(17)16-11;/h2-8,18H,1H3;1H. The van der Waals surface area contributed by atoms with Crippen LogP contribution in [0.5, 0.6) is 11.5 Å². The van der Waals surface area contributed by atoms with Crippen molar-refractivity contribution in [3.05, 3.63) is 46.3 Å². The molecular formula is C14H12BrIN2O2. The van der Waals surface area contributed by atoms with Crippen molar-refractivity contribution in [1.82, 2.24) is 9.38 Å². The molecule has 104 valence electrons. The molecule has 1 aromatic carbocycles. The number of aromatic hydroxyl groups is 1. The molecule has 0 atom stereocenters. The number of fused-ring (bicyclic) bond motifs is 1. The van der Waals surface area contributed by atoms with Crippen molar-refractivity contribution < 1.29 is 9.84 Å². The van der Waals surface area contributed by atoms with Gasteiger partial charge in [0, 0.05) is 21.5 Å². The van der Waals surface area contributed by atoms with Crippen LogP contribution in [0.4, 0.5) is 0 Å². The molecule has 3 rings (SSSR count). The number of aromatic nitrogens is 2. The van der Waals surface area contributed by atoms with Gasteiger partial charge in [-0.1, -0.05) is 0 Å². The molecule has 2 heterocycles. The monoisotopic (exact) mass is 446 g/mol. The summed E-state index contributed by atoms with van der Waals surface area (Å²) < 4.78 is 8.25. The second kappa shape index (κ2) is 6.01. The van der Waals surface area contributed by atoms with Gasteiger partial charge < -0.3 is 14.2 Å². The predicted octanol–water partition coefficient (Wildman–Crippen LogP) is 3.90. The molecule has 0 aliphatic heterocycles. The minimum Gasteiger partial charge on any atom is -0.504 e. The van der Waals surface area contributed by atoms with Crippen LogP contribution in [-0.4, -0.2) is 21.6 Å². The summed E-state index contributed by atoms with van der Waals surface area (Å²) in [6.45, 7) is 0. The van der Waals surface area contributed by atoms with Gasteiger partial charge in [-0.25, -0.2) is 4.98 Å². The van der Waals surface area contributed by atoms with E-state index in [1.807, 2.05) is 35.0 Å². The number of halogens is 2. The number of phenols is 1. The topological polar surface area (TPSA) is 46.8 Å². The highest BCUT2D eigenvalue weighted by atomic mass is 127. The fraction of sp³-hybridized carbons (Fsp3) is 0.0714. The molecular weight excluding hydrogens is 435 g/mol. The highest BCUT2D eigenvalue weighted by molar-refractivity contribution is 14.1. The average Bonchev–Trinajstić information content (AvgIpc) is 2.82. The molecule has 0 saturated heterocycles. The molecule has 0 radical (unpaired) electrons. The van der Waals surface area contributed by atoms with Gasteiger partial charge in [0.25, 0.3) is 0 Å². The van der Waals surface area contributed by atoms with Gasteiger partial charge in [-0.3, -0.25) is 0 Å². The van der Waals surface area contributed by atoms with E-state index in [1.54, 1.807) is 12.1 Å². The fourth-order valence-electron chi connectivity index (χ4n) is 1.94. The summed E-state index contributed by atoms with van der Waals surface area (Å²) in [5.41, 5.74) is 2.65. The largest absolute Gasteiger partial charge is 0.504 e. The van der Waals surface area contributed by atoms with Crippen molar-refractivity contribution in [1.29, 1.82) is 0 Å². The van der Waals surface area contributed by atoms with Crippen molar-refractivity contribution in [3.63, 3.8) is 0 Å². The van der Waals surface area contributed by atoms with E-state index in [0.29, 0.717) is 5.75 Å². The first-order valence-electron chi connectivity index (χ1n) is 5.69. The number of phenolic OH excluding ortho intramolecular Hbond substituents is 1. The lowest BCUT2D eigenvalue weighted by Crippen LogP contribution is -1.85. The van der Waals surface area contributed by atoms with Crippen molar-refractivity contribution in [2.75, 3.05) is 7.11 Å². The molecule has 0 fully saturated rings. The molecule has 0 unspecified atom stereocenters. The van der Waals surface area contributed by atoms with E-state index in [4.69, 9.17) is 4.74 Å². The number of ether oxygens (including phenoxy) is 1. The van der Waals surface area contributed by atoms with Gasteiger partial charge in [-0.05, 0) is 52.9 Å². The van der Waals surface area contributed by atoms with E-state index in [1.165, 1.54) is 7.11 Å². The first kappa shape index (κ1) is 15.1. The zero-order chi connectivity index (χ0) is 13.4. The number of methoxy groups -OCH3 is 1. The molecule has 2 aromatic heterocycles. The van der Waals surface area contributed by atoms with Gasteiger partial charge in [-0.15, -0.1) is 17.0 Å². The molecule has 20 heavy (non-hydrogen) atoms. The van der Waals surface area contributed by atoms with Crippen LogP contribution in [0, 0.1) is 3.57 Å². The Hall–Kier alpha value is -1.28. The van der Waals surface area contributed by atoms with Crippen LogP contribution in [0.2, 0.25) is 0 Å². The van der Waals surface area contributed by atoms with E-state index >= 15 is 0 Å². The summed E-state index contributed by atoms with van der Waals surface area (Å²) in [5, 5.41) is 9.61. The summed E-state index contributed by atoms with van der Waals surface area (Å²) in [7, 11) is 1.53. The molecule has 3 aromatic rings. The molecule has 0 saturated carbocycles. The lowest BCUT2D eigenvalue weighted by atomic mass is 10.1. The average molecular weight is 447 g/mol. The number of nitrogens with zero attached hydrogens (tertiary/aromatic N) is 2. The van der Waals surface area contributed by atoms with E-state index < -0.39 is 0 Å². The van der Waals surface area contributed by atoms with Crippen LogP contribution in [0.1, 0.15) is 0 Å². The smallest absolute Gasteiger partial charge is 0.161 e. The van der Waals surface area contributed by atoms with Gasteiger partial charge in [-0.2, -0.15) is 0 Å². The van der Waals surface area contributed by atoms with E-state index in [-0.39, 0.29) is 22.7 Å². The van der Waals surface area contributed by atoms with Gasteiger partial charge in [0.2, 0.25) is 0 Å². The maximum absolute atomic E-state index is 9.61. The third-order valence-electron chi connectivity index (χ3n) is 2.89. The Kier molecular flexibility index (Phi) is 4.54. The van der Waals surface area contributed by atoms with Crippen LogP contribution in [0.25, 0.3) is 16.9 Å². The Labute approximate surface area is 140 Å². The zero-order valence-corrected chi connectivity index (χ0v) is 14.4. The van der Waals surface area contributed by atoms with E-state index in [9.17, 15) is 5.11 Å². The molecule has 6 heteroatoms. The molecule has 0 bridgehead atoms. The third-order valence-corrected chi connectivity index (χ3v) is 3.53. The second-order valence-electron chi connectivity index (χ2n) is 4.13. The van der Waals surface area contributed by atoms with Crippen molar-refractivity contribution in [2.24, 2.45) is 0 Å². The lowest BCUT2D eigenvalue weighted by Gasteiger charge is -2.04. The third kappa shape index (κ3) is 2.76. The first-order valence-corrected chi connectivity index (χ1v) is 6.77. The van der Waals surface area contributed by atoms with E-state index in [2.05, 4.69) is 27.6 Å². The van der Waals surface area contributed by atoms with Crippen LogP contribution in [0.15, 0.2) is 42.7 Å². The van der Waals surface area contributed by atoms with Crippen LogP contribution in [0.3, 0.4) is 0 Å². The number of pyridine rings is 1. The number of hydrogen-bond donors (Lipinski definition) is 1. The molecule has 0 spiro atoms. The Morgan fingerprint density at radius 1 is 1.20 bits per heavy atom. The van der Waals surface area contributed by atoms with Gasteiger partial charge in [0.1, 0.15) is 5.65 Å². The van der Waals surface area contributed by atoms with Crippen LogP contribution in [-0.2, 0) is 0 Å². The summed E-state index contributed by atoms with van der Waals surface area (Å²) >= 11 is 2.27. The fourth-order valence-corrected chi connectivity index (χ4v) is 2.42. The van der Waals surface area contributed by atoms with Crippen molar-refractivity contribution >= 4 is 45.2 Å². The van der Waals surface area contributed by atoms with Gasteiger partial charge in [0.15, 0.2) is 11.5 Å². The minimum absolute atomic E-state index is 0. The van der Waals surface area contributed by atoms with Crippen LogP contribution < -0.4 is 4.74 Å².